The number of benzene rings is 1. The Morgan fingerprint density at radius 3 is 2.20 bits per heavy atom. The second-order valence-corrected chi connectivity index (χ2v) is 8.45. The lowest BCUT2D eigenvalue weighted by atomic mass is 9.81. The van der Waals surface area contributed by atoms with Crippen molar-refractivity contribution >= 4 is 35.0 Å². The van der Waals surface area contributed by atoms with Crippen molar-refractivity contribution < 1.29 is 19.2 Å². The van der Waals surface area contributed by atoms with Gasteiger partial charge in [-0.05, 0) is 50.3 Å². The zero-order valence-electron chi connectivity index (χ0n) is 17.1. The van der Waals surface area contributed by atoms with Crippen LogP contribution in [0.4, 0.5) is 11.4 Å². The monoisotopic (exact) mass is 412 g/mol. The van der Waals surface area contributed by atoms with Crippen molar-refractivity contribution in [3.8, 4) is 0 Å². The van der Waals surface area contributed by atoms with Gasteiger partial charge in [-0.3, -0.25) is 24.1 Å². The second kappa shape index (κ2) is 8.45. The lowest BCUT2D eigenvalue weighted by Gasteiger charge is -2.31. The zero-order chi connectivity index (χ0) is 21.3. The minimum Gasteiger partial charge on any atom is -0.370 e. The first-order valence-corrected chi connectivity index (χ1v) is 10.8. The van der Waals surface area contributed by atoms with Gasteiger partial charge < -0.3 is 16.0 Å². The highest BCUT2D eigenvalue weighted by Crippen LogP contribution is 2.38. The predicted molar refractivity (Wildman–Crippen MR) is 112 cm³/mol. The Balaban J connectivity index is 1.52. The Morgan fingerprint density at radius 2 is 1.60 bits per heavy atom. The van der Waals surface area contributed by atoms with E-state index < -0.39 is 11.8 Å². The Labute approximate surface area is 175 Å². The number of likely N-dealkylation sites (tertiary alicyclic amines) is 1. The second-order valence-electron chi connectivity index (χ2n) is 8.45. The molecule has 0 bridgehead atoms. The normalized spacial score (nSPS) is 24.0. The lowest BCUT2D eigenvalue weighted by molar-refractivity contribution is -0.142. The number of piperidine rings is 1. The van der Waals surface area contributed by atoms with Crippen LogP contribution in [-0.4, -0.2) is 48.2 Å². The maximum atomic E-state index is 12.8. The number of rotatable bonds is 5. The maximum absolute atomic E-state index is 12.8. The number of fused-ring (bicyclic) bond motifs is 1. The summed E-state index contributed by atoms with van der Waals surface area (Å²) in [6, 6.07) is 5.01. The van der Waals surface area contributed by atoms with E-state index in [2.05, 4.69) is 10.2 Å². The van der Waals surface area contributed by atoms with Gasteiger partial charge in [-0.15, -0.1) is 0 Å². The molecular formula is C22H28N4O4. The van der Waals surface area contributed by atoms with Crippen LogP contribution in [0.5, 0.6) is 0 Å². The van der Waals surface area contributed by atoms with Gasteiger partial charge in [0.05, 0.1) is 23.2 Å². The molecule has 2 heterocycles. The third-order valence-corrected chi connectivity index (χ3v) is 6.49. The Morgan fingerprint density at radius 1 is 0.967 bits per heavy atom. The number of carbonyl (C=O) groups excluding carboxylic acids is 4. The van der Waals surface area contributed by atoms with E-state index in [1.165, 1.54) is 6.42 Å². The SMILES string of the molecule is NC(=O)c1ccc(N2CCCCC2)c(NC(=O)CN2C(=O)[C@@H]3CCCC[C@H]3C2=O)c1. The van der Waals surface area contributed by atoms with Gasteiger partial charge in [-0.1, -0.05) is 12.8 Å². The van der Waals surface area contributed by atoms with Gasteiger partial charge in [-0.2, -0.15) is 0 Å². The van der Waals surface area contributed by atoms with Crippen molar-refractivity contribution in [3.63, 3.8) is 0 Å². The van der Waals surface area contributed by atoms with E-state index in [9.17, 15) is 19.2 Å². The van der Waals surface area contributed by atoms with E-state index in [1.807, 2.05) is 0 Å². The van der Waals surface area contributed by atoms with Gasteiger partial charge in [0, 0.05) is 18.7 Å². The molecule has 8 heteroatoms. The van der Waals surface area contributed by atoms with Crippen molar-refractivity contribution in [2.75, 3.05) is 29.9 Å². The van der Waals surface area contributed by atoms with E-state index in [4.69, 9.17) is 5.73 Å². The van der Waals surface area contributed by atoms with Gasteiger partial charge >= 0.3 is 0 Å². The van der Waals surface area contributed by atoms with Crippen molar-refractivity contribution in [2.24, 2.45) is 17.6 Å². The van der Waals surface area contributed by atoms with Crippen LogP contribution in [0.25, 0.3) is 0 Å². The number of hydrogen-bond acceptors (Lipinski definition) is 5. The highest BCUT2D eigenvalue weighted by Gasteiger charge is 2.48. The van der Waals surface area contributed by atoms with Gasteiger partial charge in [0.2, 0.25) is 23.6 Å². The summed E-state index contributed by atoms with van der Waals surface area (Å²) >= 11 is 0. The highest BCUT2D eigenvalue weighted by atomic mass is 16.2. The Hall–Kier alpha value is -2.90. The predicted octanol–water partition coefficient (Wildman–Crippen LogP) is 1.89. The molecule has 1 aliphatic carbocycles. The molecule has 0 radical (unpaired) electrons. The minimum absolute atomic E-state index is 0.234. The van der Waals surface area contributed by atoms with Crippen LogP contribution in [0.3, 0.4) is 0 Å². The number of nitrogens with one attached hydrogen (secondary N) is 1. The fourth-order valence-electron chi connectivity index (χ4n) is 4.92. The van der Waals surface area contributed by atoms with Crippen LogP contribution in [0.1, 0.15) is 55.3 Å². The number of imide groups is 1. The third kappa shape index (κ3) is 3.91. The fraction of sp³-hybridized carbons (Fsp3) is 0.545. The highest BCUT2D eigenvalue weighted by molar-refractivity contribution is 6.09. The molecule has 3 aliphatic rings. The number of anilines is 2. The van der Waals surface area contributed by atoms with Crippen LogP contribution in [-0.2, 0) is 14.4 Å². The summed E-state index contributed by atoms with van der Waals surface area (Å²) in [5.74, 6) is -2.05. The first-order chi connectivity index (χ1) is 14.5. The van der Waals surface area contributed by atoms with Gasteiger partial charge in [-0.25, -0.2) is 0 Å². The molecule has 0 spiro atoms. The molecule has 1 aromatic carbocycles. The third-order valence-electron chi connectivity index (χ3n) is 6.49. The molecule has 1 saturated carbocycles. The van der Waals surface area contributed by atoms with Gasteiger partial charge in [0.15, 0.2) is 0 Å². The van der Waals surface area contributed by atoms with Crippen molar-refractivity contribution in [2.45, 2.75) is 44.9 Å². The van der Waals surface area contributed by atoms with Crippen LogP contribution in [0.15, 0.2) is 18.2 Å². The summed E-state index contributed by atoms with van der Waals surface area (Å²) < 4.78 is 0. The molecule has 2 atom stereocenters. The van der Waals surface area contributed by atoms with Crippen LogP contribution in [0, 0.1) is 11.8 Å². The van der Waals surface area contributed by atoms with Crippen LogP contribution < -0.4 is 16.0 Å². The molecule has 4 rings (SSSR count). The molecule has 1 aromatic rings. The number of nitrogens with two attached hydrogens (primary N) is 1. The van der Waals surface area contributed by atoms with Crippen molar-refractivity contribution in [1.82, 2.24) is 4.90 Å². The van der Waals surface area contributed by atoms with Gasteiger partial charge in [0.25, 0.3) is 0 Å². The molecular weight excluding hydrogens is 384 g/mol. The molecule has 2 saturated heterocycles. The molecule has 160 valence electrons. The molecule has 8 nitrogen and oxygen atoms in total. The number of hydrogen-bond donors (Lipinski definition) is 2. The maximum Gasteiger partial charge on any atom is 0.248 e. The molecule has 4 amide bonds. The molecule has 0 unspecified atom stereocenters. The molecule has 3 N–H and O–H groups in total. The summed E-state index contributed by atoms with van der Waals surface area (Å²) in [5.41, 5.74) is 7.01. The first kappa shape index (κ1) is 20.4. The number of carbonyl (C=O) groups is 4. The minimum atomic E-state index is -0.579. The largest absolute Gasteiger partial charge is 0.370 e. The molecule has 3 fully saturated rings. The summed E-state index contributed by atoms with van der Waals surface area (Å²) in [5, 5.41) is 2.82. The Bertz CT molecular complexity index is 854. The number of nitrogens with zero attached hydrogens (tertiary/aromatic N) is 2. The smallest absolute Gasteiger partial charge is 0.248 e. The zero-order valence-corrected chi connectivity index (χ0v) is 17.1. The number of primary amides is 1. The van der Waals surface area contributed by atoms with E-state index in [-0.39, 0.29) is 30.2 Å². The van der Waals surface area contributed by atoms with E-state index in [1.54, 1.807) is 18.2 Å². The quantitative estimate of drug-likeness (QED) is 0.717. The van der Waals surface area contributed by atoms with Crippen LogP contribution in [0.2, 0.25) is 0 Å². The topological polar surface area (TPSA) is 113 Å². The van der Waals surface area contributed by atoms with E-state index in [0.29, 0.717) is 24.1 Å². The number of amides is 4. The summed E-state index contributed by atoms with van der Waals surface area (Å²) in [6.07, 6.45) is 6.60. The standard InChI is InChI=1S/C22H28N4O4/c23-20(28)14-8-9-18(25-10-4-1-5-11-25)17(12-14)24-19(27)13-26-21(29)15-6-2-3-7-16(15)22(26)30/h8-9,12,15-16H,1-7,10-11,13H2,(H2,23,28)(H,24,27)/t15-,16-/m1/s1. The average molecular weight is 412 g/mol. The molecule has 30 heavy (non-hydrogen) atoms. The van der Waals surface area contributed by atoms with E-state index in [0.717, 1.165) is 49.4 Å². The van der Waals surface area contributed by atoms with E-state index >= 15 is 0 Å². The fourth-order valence-corrected chi connectivity index (χ4v) is 4.92. The Kier molecular flexibility index (Phi) is 5.74. The van der Waals surface area contributed by atoms with Gasteiger partial charge in [0.1, 0.15) is 6.54 Å². The summed E-state index contributed by atoms with van der Waals surface area (Å²) in [6.45, 7) is 1.43. The molecule has 0 aromatic heterocycles. The van der Waals surface area contributed by atoms with Crippen molar-refractivity contribution in [1.29, 1.82) is 0 Å². The van der Waals surface area contributed by atoms with Crippen LogP contribution >= 0.6 is 0 Å². The summed E-state index contributed by atoms with van der Waals surface area (Å²) in [7, 11) is 0. The summed E-state index contributed by atoms with van der Waals surface area (Å²) in [4.78, 5) is 53.0. The lowest BCUT2D eigenvalue weighted by Crippen LogP contribution is -2.38. The molecule has 2 aliphatic heterocycles. The van der Waals surface area contributed by atoms with Crippen molar-refractivity contribution in [3.05, 3.63) is 23.8 Å². The average Bonchev–Trinajstić information content (AvgIpc) is 2.99. The first-order valence-electron chi connectivity index (χ1n) is 10.8.